The van der Waals surface area contributed by atoms with Crippen LogP contribution in [-0.4, -0.2) is 13.1 Å². The van der Waals surface area contributed by atoms with Gasteiger partial charge in [0.25, 0.3) is 0 Å². The van der Waals surface area contributed by atoms with Crippen LogP contribution in [0.25, 0.3) is 0 Å². The number of carbonyl (C=O) groups is 1. The number of nitrogen functional groups attached to an aromatic ring is 1. The molecule has 0 spiro atoms. The van der Waals surface area contributed by atoms with E-state index in [1.807, 2.05) is 0 Å². The van der Waals surface area contributed by atoms with Gasteiger partial charge in [-0.3, -0.25) is 0 Å². The summed E-state index contributed by atoms with van der Waals surface area (Å²) in [5.41, 5.74) is 3.32. The lowest BCUT2D eigenvalue weighted by Crippen LogP contribution is -2.15. The minimum Gasteiger partial charge on any atom is -0.465 e. The summed E-state index contributed by atoms with van der Waals surface area (Å²) < 4.78 is 42.2. The standard InChI is InChI=1S/C11H8F3NO2/c1-3-6-4-7(10(16)17-2)8(5-9(6)15)11(12,13)14/h1,4-5H,15H2,2H3. The predicted molar refractivity (Wildman–Crippen MR) is 55.1 cm³/mol. The summed E-state index contributed by atoms with van der Waals surface area (Å²) in [6.45, 7) is 0. The second-order valence-corrected chi connectivity index (χ2v) is 3.12. The van der Waals surface area contributed by atoms with Gasteiger partial charge in [-0.15, -0.1) is 6.42 Å². The number of nitrogens with two attached hydrogens (primary N) is 1. The zero-order valence-electron chi connectivity index (χ0n) is 8.76. The number of benzene rings is 1. The number of carbonyl (C=O) groups excluding carboxylic acids is 1. The minimum atomic E-state index is -4.70. The molecule has 2 N–H and O–H groups in total. The Labute approximate surface area is 95.4 Å². The summed E-state index contributed by atoms with van der Waals surface area (Å²) in [7, 11) is 0.981. The molecule has 1 aromatic carbocycles. The summed E-state index contributed by atoms with van der Waals surface area (Å²) in [5, 5.41) is 0. The molecule has 90 valence electrons. The number of anilines is 1. The Balaban J connectivity index is 3.54. The van der Waals surface area contributed by atoms with E-state index in [2.05, 4.69) is 10.7 Å². The zero-order valence-corrected chi connectivity index (χ0v) is 8.76. The number of hydrogen-bond donors (Lipinski definition) is 1. The largest absolute Gasteiger partial charge is 0.465 e. The van der Waals surface area contributed by atoms with E-state index in [0.717, 1.165) is 13.2 Å². The SMILES string of the molecule is C#Cc1cc(C(=O)OC)c(C(F)(F)F)cc1N. The molecule has 17 heavy (non-hydrogen) atoms. The molecular formula is C11H8F3NO2. The highest BCUT2D eigenvalue weighted by Gasteiger charge is 2.36. The van der Waals surface area contributed by atoms with E-state index >= 15 is 0 Å². The fourth-order valence-corrected chi connectivity index (χ4v) is 1.25. The first-order valence-electron chi connectivity index (χ1n) is 4.37. The van der Waals surface area contributed by atoms with Gasteiger partial charge in [0.15, 0.2) is 0 Å². The van der Waals surface area contributed by atoms with Crippen molar-refractivity contribution in [1.82, 2.24) is 0 Å². The first-order chi connectivity index (χ1) is 7.81. The maximum Gasteiger partial charge on any atom is 0.417 e. The van der Waals surface area contributed by atoms with Crippen molar-refractivity contribution in [2.75, 3.05) is 12.8 Å². The molecule has 1 rings (SSSR count). The number of hydrogen-bond acceptors (Lipinski definition) is 3. The van der Waals surface area contributed by atoms with E-state index in [9.17, 15) is 18.0 Å². The van der Waals surface area contributed by atoms with E-state index in [-0.39, 0.29) is 11.3 Å². The van der Waals surface area contributed by atoms with Crippen molar-refractivity contribution in [3.63, 3.8) is 0 Å². The van der Waals surface area contributed by atoms with Crippen LogP contribution in [0.1, 0.15) is 21.5 Å². The Kier molecular flexibility index (Phi) is 3.32. The third-order valence-electron chi connectivity index (χ3n) is 2.06. The van der Waals surface area contributed by atoms with Crippen LogP contribution in [0.4, 0.5) is 18.9 Å². The molecule has 0 bridgehead atoms. The average Bonchev–Trinajstić information content (AvgIpc) is 2.26. The second kappa shape index (κ2) is 4.37. The molecule has 0 saturated heterocycles. The number of alkyl halides is 3. The predicted octanol–water partition coefficient (Wildman–Crippen LogP) is 2.06. The van der Waals surface area contributed by atoms with E-state index in [4.69, 9.17) is 12.2 Å². The van der Waals surface area contributed by atoms with Crippen molar-refractivity contribution in [2.45, 2.75) is 6.18 Å². The summed E-state index contributed by atoms with van der Waals surface area (Å²) in [4.78, 5) is 11.2. The van der Waals surface area contributed by atoms with Gasteiger partial charge in [0, 0.05) is 11.3 Å². The molecule has 0 fully saturated rings. The van der Waals surface area contributed by atoms with E-state index < -0.39 is 23.3 Å². The van der Waals surface area contributed by atoms with Gasteiger partial charge in [-0.05, 0) is 12.1 Å². The molecule has 0 aliphatic heterocycles. The summed E-state index contributed by atoms with van der Waals surface area (Å²) in [6, 6.07) is 1.52. The van der Waals surface area contributed by atoms with Gasteiger partial charge < -0.3 is 10.5 Å². The molecule has 0 aliphatic rings. The summed E-state index contributed by atoms with van der Waals surface area (Å²) in [5.74, 6) is 0.976. The Morgan fingerprint density at radius 1 is 1.47 bits per heavy atom. The van der Waals surface area contributed by atoms with Crippen molar-refractivity contribution in [3.05, 3.63) is 28.8 Å². The maximum atomic E-state index is 12.6. The fraction of sp³-hybridized carbons (Fsp3) is 0.182. The van der Waals surface area contributed by atoms with Crippen LogP contribution in [0.15, 0.2) is 12.1 Å². The monoisotopic (exact) mass is 243 g/mol. The second-order valence-electron chi connectivity index (χ2n) is 3.12. The highest BCUT2D eigenvalue weighted by atomic mass is 19.4. The molecule has 0 saturated carbocycles. The Hall–Kier alpha value is -2.16. The van der Waals surface area contributed by atoms with Crippen molar-refractivity contribution in [3.8, 4) is 12.3 Å². The summed E-state index contributed by atoms with van der Waals surface area (Å²) >= 11 is 0. The average molecular weight is 243 g/mol. The van der Waals surface area contributed by atoms with Crippen molar-refractivity contribution >= 4 is 11.7 Å². The molecule has 0 heterocycles. The third-order valence-corrected chi connectivity index (χ3v) is 2.06. The van der Waals surface area contributed by atoms with Gasteiger partial charge in [0.1, 0.15) is 0 Å². The number of halogens is 3. The normalized spacial score (nSPS) is 10.8. The molecule has 0 unspecified atom stereocenters. The highest BCUT2D eigenvalue weighted by Crippen LogP contribution is 2.34. The molecular weight excluding hydrogens is 235 g/mol. The fourth-order valence-electron chi connectivity index (χ4n) is 1.25. The van der Waals surface area contributed by atoms with Crippen LogP contribution in [-0.2, 0) is 10.9 Å². The topological polar surface area (TPSA) is 52.3 Å². The van der Waals surface area contributed by atoms with Gasteiger partial charge >= 0.3 is 12.1 Å². The lowest BCUT2D eigenvalue weighted by molar-refractivity contribution is -0.138. The summed E-state index contributed by atoms with van der Waals surface area (Å²) in [6.07, 6.45) is 0.353. The molecule has 0 amide bonds. The van der Waals surface area contributed by atoms with Gasteiger partial charge in [0.2, 0.25) is 0 Å². The Morgan fingerprint density at radius 3 is 2.47 bits per heavy atom. The Bertz CT molecular complexity index is 501. The number of esters is 1. The smallest absolute Gasteiger partial charge is 0.417 e. The van der Waals surface area contributed by atoms with Crippen LogP contribution in [0.2, 0.25) is 0 Å². The van der Waals surface area contributed by atoms with E-state index in [1.54, 1.807) is 0 Å². The molecule has 0 atom stereocenters. The van der Waals surface area contributed by atoms with E-state index in [1.165, 1.54) is 0 Å². The molecule has 0 aliphatic carbocycles. The zero-order chi connectivity index (χ0) is 13.2. The van der Waals surface area contributed by atoms with Gasteiger partial charge in [-0.2, -0.15) is 13.2 Å². The van der Waals surface area contributed by atoms with Crippen LogP contribution in [0.5, 0.6) is 0 Å². The first-order valence-corrected chi connectivity index (χ1v) is 4.37. The van der Waals surface area contributed by atoms with Gasteiger partial charge in [0.05, 0.1) is 18.2 Å². The lowest BCUT2D eigenvalue weighted by atomic mass is 10.0. The van der Waals surface area contributed by atoms with Crippen LogP contribution in [0, 0.1) is 12.3 Å². The first kappa shape index (κ1) is 12.9. The van der Waals surface area contributed by atoms with Crippen LogP contribution in [0.3, 0.4) is 0 Å². The Morgan fingerprint density at radius 2 is 2.06 bits per heavy atom. The molecule has 3 nitrogen and oxygen atoms in total. The quantitative estimate of drug-likeness (QED) is 0.466. The molecule has 0 radical (unpaired) electrons. The highest BCUT2D eigenvalue weighted by molar-refractivity contribution is 5.92. The number of ether oxygens (including phenoxy) is 1. The van der Waals surface area contributed by atoms with Gasteiger partial charge in [-0.1, -0.05) is 5.92 Å². The van der Waals surface area contributed by atoms with Crippen LogP contribution >= 0.6 is 0 Å². The van der Waals surface area contributed by atoms with Crippen molar-refractivity contribution < 1.29 is 22.7 Å². The number of methoxy groups -OCH3 is 1. The van der Waals surface area contributed by atoms with E-state index in [0.29, 0.717) is 6.07 Å². The van der Waals surface area contributed by atoms with Crippen LogP contribution < -0.4 is 5.73 Å². The number of terminal acetylenes is 1. The lowest BCUT2D eigenvalue weighted by Gasteiger charge is -2.13. The maximum absolute atomic E-state index is 12.6. The molecule has 1 aromatic rings. The molecule has 0 aromatic heterocycles. The molecule has 6 heteroatoms. The van der Waals surface area contributed by atoms with Crippen molar-refractivity contribution in [1.29, 1.82) is 0 Å². The van der Waals surface area contributed by atoms with Crippen molar-refractivity contribution in [2.24, 2.45) is 0 Å². The van der Waals surface area contributed by atoms with Gasteiger partial charge in [-0.25, -0.2) is 4.79 Å². The third kappa shape index (κ3) is 2.50. The minimum absolute atomic E-state index is 0.0124. The number of rotatable bonds is 1.